The Hall–Kier alpha value is -2.07. The lowest BCUT2D eigenvalue weighted by Crippen LogP contribution is -2.05. The van der Waals surface area contributed by atoms with Crippen LogP contribution < -0.4 is 0 Å². The number of fused-ring (bicyclic) bond motifs is 1. The first kappa shape index (κ1) is 13.9. The molecular weight excluding hydrogens is 333 g/mol. The highest BCUT2D eigenvalue weighted by Crippen LogP contribution is 2.20. The second-order valence-corrected chi connectivity index (χ2v) is 5.67. The highest BCUT2D eigenvalue weighted by Gasteiger charge is 2.12. The standard InChI is InChI=1S/C17H11BrFNO/c18-13-7-11(8-14(19)10-13)9-16(21)15-5-1-3-12-4-2-6-20-17(12)15/h1-8,10H,9H2. The largest absolute Gasteiger partial charge is 0.294 e. The first-order chi connectivity index (χ1) is 10.1. The molecule has 0 radical (unpaired) electrons. The monoisotopic (exact) mass is 343 g/mol. The molecule has 0 aliphatic heterocycles. The molecule has 0 N–H and O–H groups in total. The molecule has 1 heterocycles. The molecule has 3 aromatic rings. The van der Waals surface area contributed by atoms with E-state index in [-0.39, 0.29) is 18.0 Å². The van der Waals surface area contributed by atoms with Crippen LogP contribution in [0.5, 0.6) is 0 Å². The van der Waals surface area contributed by atoms with E-state index in [1.54, 1.807) is 18.3 Å². The van der Waals surface area contributed by atoms with E-state index in [1.165, 1.54) is 12.1 Å². The van der Waals surface area contributed by atoms with E-state index < -0.39 is 0 Å². The van der Waals surface area contributed by atoms with Gasteiger partial charge in [-0.1, -0.05) is 34.1 Å². The van der Waals surface area contributed by atoms with Gasteiger partial charge in [0.25, 0.3) is 0 Å². The van der Waals surface area contributed by atoms with E-state index in [0.29, 0.717) is 21.1 Å². The van der Waals surface area contributed by atoms with E-state index in [0.717, 1.165) is 5.39 Å². The van der Waals surface area contributed by atoms with Crippen molar-refractivity contribution in [1.82, 2.24) is 4.98 Å². The van der Waals surface area contributed by atoms with Crippen LogP contribution in [-0.2, 0) is 6.42 Å². The summed E-state index contributed by atoms with van der Waals surface area (Å²) in [6.07, 6.45) is 1.81. The summed E-state index contributed by atoms with van der Waals surface area (Å²) in [7, 11) is 0. The Morgan fingerprint density at radius 1 is 1.14 bits per heavy atom. The number of hydrogen-bond donors (Lipinski definition) is 0. The van der Waals surface area contributed by atoms with Crippen LogP contribution in [-0.4, -0.2) is 10.8 Å². The van der Waals surface area contributed by atoms with E-state index in [1.807, 2.05) is 24.3 Å². The van der Waals surface area contributed by atoms with E-state index in [4.69, 9.17) is 0 Å². The first-order valence-electron chi connectivity index (χ1n) is 6.45. The van der Waals surface area contributed by atoms with Gasteiger partial charge in [-0.2, -0.15) is 0 Å². The zero-order chi connectivity index (χ0) is 14.8. The molecule has 0 fully saturated rings. The summed E-state index contributed by atoms with van der Waals surface area (Å²) in [6, 6.07) is 13.7. The molecule has 3 rings (SSSR count). The number of aromatic nitrogens is 1. The molecule has 0 saturated carbocycles. The van der Waals surface area contributed by atoms with Crippen molar-refractivity contribution in [3.8, 4) is 0 Å². The highest BCUT2D eigenvalue weighted by molar-refractivity contribution is 9.10. The average Bonchev–Trinajstić information content (AvgIpc) is 2.45. The summed E-state index contributed by atoms with van der Waals surface area (Å²) in [5.74, 6) is -0.431. The molecule has 0 unspecified atom stereocenters. The minimum atomic E-state index is -0.358. The SMILES string of the molecule is O=C(Cc1cc(F)cc(Br)c1)c1cccc2cccnc12. The van der Waals surface area contributed by atoms with Gasteiger partial charge in [-0.15, -0.1) is 0 Å². The molecule has 0 atom stereocenters. The summed E-state index contributed by atoms with van der Waals surface area (Å²) >= 11 is 3.24. The van der Waals surface area contributed by atoms with Crippen molar-refractivity contribution >= 4 is 32.6 Å². The van der Waals surface area contributed by atoms with E-state index in [2.05, 4.69) is 20.9 Å². The van der Waals surface area contributed by atoms with Crippen molar-refractivity contribution in [2.45, 2.75) is 6.42 Å². The predicted octanol–water partition coefficient (Wildman–Crippen LogP) is 4.56. The summed E-state index contributed by atoms with van der Waals surface area (Å²) < 4.78 is 14.0. The summed E-state index contributed by atoms with van der Waals surface area (Å²) in [4.78, 5) is 16.7. The number of benzene rings is 2. The lowest BCUT2D eigenvalue weighted by Gasteiger charge is -2.06. The van der Waals surface area contributed by atoms with Gasteiger partial charge in [0.1, 0.15) is 5.82 Å². The number of halogens is 2. The molecule has 1 aromatic heterocycles. The van der Waals surface area contributed by atoms with Crippen LogP contribution in [0.4, 0.5) is 4.39 Å². The molecule has 2 nitrogen and oxygen atoms in total. The molecule has 0 saturated heterocycles. The molecule has 0 spiro atoms. The summed E-state index contributed by atoms with van der Waals surface area (Å²) in [6.45, 7) is 0. The van der Waals surface area contributed by atoms with Gasteiger partial charge in [-0.25, -0.2) is 4.39 Å². The Morgan fingerprint density at radius 2 is 1.95 bits per heavy atom. The van der Waals surface area contributed by atoms with Gasteiger partial charge >= 0.3 is 0 Å². The van der Waals surface area contributed by atoms with Gasteiger partial charge in [0, 0.05) is 28.0 Å². The van der Waals surface area contributed by atoms with E-state index in [9.17, 15) is 9.18 Å². The molecule has 0 amide bonds. The topological polar surface area (TPSA) is 30.0 Å². The Balaban J connectivity index is 1.97. The fourth-order valence-electron chi connectivity index (χ4n) is 2.32. The van der Waals surface area contributed by atoms with Gasteiger partial charge in [-0.3, -0.25) is 9.78 Å². The van der Waals surface area contributed by atoms with Crippen molar-refractivity contribution in [2.75, 3.05) is 0 Å². The number of hydrogen-bond acceptors (Lipinski definition) is 2. The van der Waals surface area contributed by atoms with Gasteiger partial charge in [-0.05, 0) is 35.9 Å². The predicted molar refractivity (Wildman–Crippen MR) is 83.9 cm³/mol. The molecule has 0 aliphatic carbocycles. The minimum Gasteiger partial charge on any atom is -0.294 e. The number of carbonyl (C=O) groups is 1. The van der Waals surface area contributed by atoms with Crippen molar-refractivity contribution in [3.63, 3.8) is 0 Å². The van der Waals surface area contributed by atoms with Crippen LogP contribution in [0.3, 0.4) is 0 Å². The highest BCUT2D eigenvalue weighted by atomic mass is 79.9. The smallest absolute Gasteiger partial charge is 0.169 e. The lowest BCUT2D eigenvalue weighted by molar-refractivity contribution is 0.0994. The molecule has 104 valence electrons. The normalized spacial score (nSPS) is 10.8. The maximum absolute atomic E-state index is 13.4. The van der Waals surface area contributed by atoms with Crippen molar-refractivity contribution in [3.05, 3.63) is 76.1 Å². The number of pyridine rings is 1. The molecule has 2 aromatic carbocycles. The zero-order valence-corrected chi connectivity index (χ0v) is 12.6. The summed E-state index contributed by atoms with van der Waals surface area (Å²) in [5.41, 5.74) is 1.88. The van der Waals surface area contributed by atoms with Crippen molar-refractivity contribution < 1.29 is 9.18 Å². The Kier molecular flexibility index (Phi) is 3.80. The van der Waals surface area contributed by atoms with Crippen LogP contribution in [0.2, 0.25) is 0 Å². The van der Waals surface area contributed by atoms with Gasteiger partial charge in [0.15, 0.2) is 5.78 Å². The molecule has 21 heavy (non-hydrogen) atoms. The number of carbonyl (C=O) groups excluding carboxylic acids is 1. The number of Topliss-reactive ketones (excluding diaryl/α,β-unsaturated/α-hetero) is 1. The maximum Gasteiger partial charge on any atom is 0.169 e. The van der Waals surface area contributed by atoms with Crippen LogP contribution in [0.25, 0.3) is 10.9 Å². The number of para-hydroxylation sites is 1. The number of ketones is 1. The second kappa shape index (κ2) is 5.74. The molecule has 4 heteroatoms. The Labute approximate surface area is 129 Å². The molecular formula is C17H11BrFNO. The third-order valence-corrected chi connectivity index (χ3v) is 3.68. The van der Waals surface area contributed by atoms with Crippen LogP contribution >= 0.6 is 15.9 Å². The maximum atomic E-state index is 13.4. The molecule has 0 bridgehead atoms. The first-order valence-corrected chi connectivity index (χ1v) is 7.25. The quantitative estimate of drug-likeness (QED) is 0.652. The van der Waals surface area contributed by atoms with E-state index >= 15 is 0 Å². The van der Waals surface area contributed by atoms with Gasteiger partial charge in [0.05, 0.1) is 5.52 Å². The summed E-state index contributed by atoms with van der Waals surface area (Å²) in [5, 5.41) is 0.920. The Bertz CT molecular complexity index is 806. The fraction of sp³-hybridized carbons (Fsp3) is 0.0588. The minimum absolute atomic E-state index is 0.0724. The third kappa shape index (κ3) is 3.00. The number of rotatable bonds is 3. The van der Waals surface area contributed by atoms with Crippen molar-refractivity contribution in [1.29, 1.82) is 0 Å². The van der Waals surface area contributed by atoms with Crippen LogP contribution in [0.15, 0.2) is 59.2 Å². The van der Waals surface area contributed by atoms with Crippen molar-refractivity contribution in [2.24, 2.45) is 0 Å². The number of nitrogens with zero attached hydrogens (tertiary/aromatic N) is 1. The third-order valence-electron chi connectivity index (χ3n) is 3.22. The average molecular weight is 344 g/mol. The zero-order valence-electron chi connectivity index (χ0n) is 11.0. The van der Waals surface area contributed by atoms with Crippen LogP contribution in [0.1, 0.15) is 15.9 Å². The van der Waals surface area contributed by atoms with Gasteiger partial charge in [0.2, 0.25) is 0 Å². The molecule has 0 aliphatic rings. The second-order valence-electron chi connectivity index (χ2n) is 4.76. The lowest BCUT2D eigenvalue weighted by atomic mass is 10.0. The fourth-order valence-corrected chi connectivity index (χ4v) is 2.84. The Morgan fingerprint density at radius 3 is 2.76 bits per heavy atom. The van der Waals surface area contributed by atoms with Gasteiger partial charge < -0.3 is 0 Å². The van der Waals surface area contributed by atoms with Crippen LogP contribution in [0, 0.1) is 5.82 Å².